The average molecular weight is 322 g/mol. The molecule has 0 radical (unpaired) electrons. The van der Waals surface area contributed by atoms with E-state index < -0.39 is 21.8 Å². The normalized spacial score (nSPS) is 20.3. The number of amides is 1. The molecule has 8 heteroatoms. The van der Waals surface area contributed by atoms with Crippen LogP contribution >= 0.6 is 0 Å². The van der Waals surface area contributed by atoms with Crippen molar-refractivity contribution in [3.63, 3.8) is 0 Å². The first kappa shape index (κ1) is 15.9. The molecule has 1 amide bonds. The second kappa shape index (κ2) is 6.07. The third-order valence-electron chi connectivity index (χ3n) is 3.24. The van der Waals surface area contributed by atoms with Crippen LogP contribution < -0.4 is 5.32 Å². The van der Waals surface area contributed by atoms with E-state index in [-0.39, 0.29) is 28.6 Å². The number of nitrogens with one attached hydrogen (secondary N) is 1. The zero-order chi connectivity index (χ0) is 16.3. The quantitative estimate of drug-likeness (QED) is 0.417. The smallest absolute Gasteiger partial charge is 0.262 e. The van der Waals surface area contributed by atoms with E-state index in [1.54, 1.807) is 6.07 Å². The standard InChI is InChI=1S/C14H14N2O5S/c15-7-10(5-9-1-2-12(17)13(18)6-9)14(19)16-11-3-4-22(20,21)8-11/h1-2,5-6,11,17-18H,3-4,8H2,(H,16,19)/b10-5+. The van der Waals surface area contributed by atoms with E-state index in [9.17, 15) is 23.4 Å². The number of phenols is 2. The van der Waals surface area contributed by atoms with E-state index in [0.717, 1.165) is 0 Å². The minimum atomic E-state index is -3.12. The van der Waals surface area contributed by atoms with Gasteiger partial charge in [-0.25, -0.2) is 8.42 Å². The molecule has 0 aliphatic carbocycles. The fourth-order valence-corrected chi connectivity index (χ4v) is 3.79. The number of carbonyl (C=O) groups excluding carboxylic acids is 1. The number of sulfone groups is 1. The van der Waals surface area contributed by atoms with Gasteiger partial charge in [-0.2, -0.15) is 5.26 Å². The second-order valence-electron chi connectivity index (χ2n) is 4.99. The van der Waals surface area contributed by atoms with Gasteiger partial charge in [0.05, 0.1) is 11.5 Å². The summed E-state index contributed by atoms with van der Waals surface area (Å²) in [5.41, 5.74) is 0.149. The summed E-state index contributed by atoms with van der Waals surface area (Å²) in [7, 11) is -3.12. The van der Waals surface area contributed by atoms with Gasteiger partial charge in [0.1, 0.15) is 11.6 Å². The van der Waals surface area contributed by atoms with Gasteiger partial charge in [-0.3, -0.25) is 4.79 Å². The maximum atomic E-state index is 12.0. The summed E-state index contributed by atoms with van der Waals surface area (Å²) < 4.78 is 22.7. The molecule has 1 aliphatic heterocycles. The Balaban J connectivity index is 2.14. The van der Waals surface area contributed by atoms with E-state index in [2.05, 4.69) is 5.32 Å². The molecule has 1 heterocycles. The molecule has 22 heavy (non-hydrogen) atoms. The predicted molar refractivity (Wildman–Crippen MR) is 78.6 cm³/mol. The molecule has 1 unspecified atom stereocenters. The van der Waals surface area contributed by atoms with Gasteiger partial charge in [0.25, 0.3) is 5.91 Å². The molecular formula is C14H14N2O5S. The summed E-state index contributed by atoms with van der Waals surface area (Å²) >= 11 is 0. The number of phenolic OH excluding ortho intramolecular Hbond substituents is 2. The molecule has 1 atom stereocenters. The highest BCUT2D eigenvalue weighted by molar-refractivity contribution is 7.91. The first-order chi connectivity index (χ1) is 10.3. The molecule has 1 fully saturated rings. The predicted octanol–water partition coefficient (Wildman–Crippen LogP) is 0.308. The van der Waals surface area contributed by atoms with Gasteiger partial charge in [-0.15, -0.1) is 0 Å². The van der Waals surface area contributed by atoms with Gasteiger partial charge in [0, 0.05) is 6.04 Å². The van der Waals surface area contributed by atoms with Gasteiger partial charge in [0.2, 0.25) is 0 Å². The Bertz CT molecular complexity index is 777. The molecule has 2 rings (SSSR count). The van der Waals surface area contributed by atoms with E-state index in [4.69, 9.17) is 5.26 Å². The van der Waals surface area contributed by atoms with Crippen molar-refractivity contribution < 1.29 is 23.4 Å². The third kappa shape index (κ3) is 3.77. The maximum absolute atomic E-state index is 12.0. The lowest BCUT2D eigenvalue weighted by atomic mass is 10.1. The lowest BCUT2D eigenvalue weighted by molar-refractivity contribution is -0.117. The number of hydrogen-bond acceptors (Lipinski definition) is 6. The van der Waals surface area contributed by atoms with Crippen molar-refractivity contribution in [3.05, 3.63) is 29.3 Å². The molecule has 3 N–H and O–H groups in total. The van der Waals surface area contributed by atoms with Crippen molar-refractivity contribution in [1.29, 1.82) is 5.26 Å². The molecule has 1 saturated heterocycles. The van der Waals surface area contributed by atoms with Crippen molar-refractivity contribution in [2.75, 3.05) is 11.5 Å². The molecule has 1 aromatic rings. The molecule has 7 nitrogen and oxygen atoms in total. The zero-order valence-electron chi connectivity index (χ0n) is 11.5. The molecule has 1 aliphatic rings. The summed E-state index contributed by atoms with van der Waals surface area (Å²) in [5, 5.41) is 30.2. The summed E-state index contributed by atoms with van der Waals surface area (Å²) in [6.07, 6.45) is 1.57. The van der Waals surface area contributed by atoms with Gasteiger partial charge >= 0.3 is 0 Å². The van der Waals surface area contributed by atoms with Gasteiger partial charge in [-0.1, -0.05) is 6.07 Å². The third-order valence-corrected chi connectivity index (χ3v) is 5.01. The fraction of sp³-hybridized carbons (Fsp3) is 0.286. The monoisotopic (exact) mass is 322 g/mol. The molecular weight excluding hydrogens is 308 g/mol. The van der Waals surface area contributed by atoms with Crippen molar-refractivity contribution >= 4 is 21.8 Å². The van der Waals surface area contributed by atoms with Crippen LogP contribution in [-0.2, 0) is 14.6 Å². The topological polar surface area (TPSA) is 127 Å². The van der Waals surface area contributed by atoms with Crippen molar-refractivity contribution in [2.24, 2.45) is 0 Å². The summed E-state index contributed by atoms with van der Waals surface area (Å²) in [6, 6.07) is 5.11. The largest absolute Gasteiger partial charge is 0.504 e. The van der Waals surface area contributed by atoms with Crippen LogP contribution in [0.2, 0.25) is 0 Å². The number of nitriles is 1. The van der Waals surface area contributed by atoms with E-state index in [1.807, 2.05) is 0 Å². The lowest BCUT2D eigenvalue weighted by Crippen LogP contribution is -2.36. The van der Waals surface area contributed by atoms with Crippen molar-refractivity contribution in [2.45, 2.75) is 12.5 Å². The van der Waals surface area contributed by atoms with E-state index >= 15 is 0 Å². The Morgan fingerprint density at radius 2 is 2.09 bits per heavy atom. The second-order valence-corrected chi connectivity index (χ2v) is 7.22. The number of rotatable bonds is 3. The highest BCUT2D eigenvalue weighted by Crippen LogP contribution is 2.26. The molecule has 116 valence electrons. The van der Waals surface area contributed by atoms with E-state index in [1.165, 1.54) is 24.3 Å². The van der Waals surface area contributed by atoms with Crippen LogP contribution in [0.4, 0.5) is 0 Å². The van der Waals surface area contributed by atoms with Crippen LogP contribution in [-0.4, -0.2) is 42.1 Å². The van der Waals surface area contributed by atoms with Gasteiger partial charge in [-0.05, 0) is 30.2 Å². The summed E-state index contributed by atoms with van der Waals surface area (Å²) in [4.78, 5) is 12.0. The van der Waals surface area contributed by atoms with Gasteiger partial charge in [0.15, 0.2) is 21.3 Å². The number of carbonyl (C=O) groups is 1. The first-order valence-corrected chi connectivity index (χ1v) is 8.28. The number of nitrogens with zero attached hydrogens (tertiary/aromatic N) is 1. The molecule has 0 spiro atoms. The Labute approximate surface area is 127 Å². The van der Waals surface area contributed by atoms with Crippen LogP contribution in [0.3, 0.4) is 0 Å². The molecule has 1 aromatic carbocycles. The van der Waals surface area contributed by atoms with Crippen LogP contribution in [0.1, 0.15) is 12.0 Å². The average Bonchev–Trinajstić information content (AvgIpc) is 2.79. The lowest BCUT2D eigenvalue weighted by Gasteiger charge is -2.10. The van der Waals surface area contributed by atoms with Crippen molar-refractivity contribution in [1.82, 2.24) is 5.32 Å². The Morgan fingerprint density at radius 3 is 2.64 bits per heavy atom. The van der Waals surface area contributed by atoms with Gasteiger partial charge < -0.3 is 15.5 Å². The Morgan fingerprint density at radius 1 is 1.36 bits per heavy atom. The van der Waals surface area contributed by atoms with Crippen LogP contribution in [0.5, 0.6) is 11.5 Å². The number of hydrogen-bond donors (Lipinski definition) is 3. The van der Waals surface area contributed by atoms with Crippen molar-refractivity contribution in [3.8, 4) is 17.6 Å². The Hall–Kier alpha value is -2.53. The van der Waals surface area contributed by atoms with Crippen LogP contribution in [0.25, 0.3) is 6.08 Å². The Kier molecular flexibility index (Phi) is 4.37. The van der Waals surface area contributed by atoms with Crippen LogP contribution in [0.15, 0.2) is 23.8 Å². The molecule has 0 saturated carbocycles. The first-order valence-electron chi connectivity index (χ1n) is 6.46. The molecule has 0 aromatic heterocycles. The minimum absolute atomic E-state index is 0.0232. The highest BCUT2D eigenvalue weighted by atomic mass is 32.2. The summed E-state index contributed by atoms with van der Waals surface area (Å²) in [6.45, 7) is 0. The molecule has 0 bridgehead atoms. The number of aromatic hydroxyl groups is 2. The summed E-state index contributed by atoms with van der Waals surface area (Å²) in [5.74, 6) is -1.45. The highest BCUT2D eigenvalue weighted by Gasteiger charge is 2.29. The fourth-order valence-electron chi connectivity index (χ4n) is 2.12. The zero-order valence-corrected chi connectivity index (χ0v) is 12.3. The maximum Gasteiger partial charge on any atom is 0.262 e. The minimum Gasteiger partial charge on any atom is -0.504 e. The number of benzene rings is 1. The van der Waals surface area contributed by atoms with E-state index in [0.29, 0.717) is 12.0 Å². The SMILES string of the molecule is N#C/C(=C\c1ccc(O)c(O)c1)C(=O)NC1CCS(=O)(=O)C1. The van der Waals surface area contributed by atoms with Crippen LogP contribution in [0, 0.1) is 11.3 Å².